The molecule has 0 heterocycles. The summed E-state index contributed by atoms with van der Waals surface area (Å²) in [5, 5.41) is 0. The van der Waals surface area contributed by atoms with E-state index >= 15 is 0 Å². The van der Waals surface area contributed by atoms with Gasteiger partial charge in [-0.3, -0.25) is 0 Å². The van der Waals surface area contributed by atoms with E-state index in [2.05, 4.69) is 32.6 Å². The molecule has 0 aromatic rings. The van der Waals surface area contributed by atoms with Crippen molar-refractivity contribution in [1.82, 2.24) is 0 Å². The lowest BCUT2D eigenvalue weighted by atomic mass is 10.2. The maximum Gasteiger partial charge on any atom is -0.0443 e. The van der Waals surface area contributed by atoms with Crippen LogP contribution in [0.25, 0.3) is 0 Å². The smallest absolute Gasteiger partial charge is 0.0443 e. The van der Waals surface area contributed by atoms with E-state index in [1.807, 2.05) is 13.8 Å². The second-order valence-corrected chi connectivity index (χ2v) is 2.39. The van der Waals surface area contributed by atoms with Gasteiger partial charge in [0, 0.05) is 0 Å². The van der Waals surface area contributed by atoms with Crippen LogP contribution in [0.3, 0.4) is 0 Å². The van der Waals surface area contributed by atoms with Crippen LogP contribution in [-0.4, -0.2) is 0 Å². The summed E-state index contributed by atoms with van der Waals surface area (Å²) in [7, 11) is 0. The fourth-order valence-corrected chi connectivity index (χ4v) is 1.13. The summed E-state index contributed by atoms with van der Waals surface area (Å²) < 4.78 is 0. The van der Waals surface area contributed by atoms with Crippen molar-refractivity contribution in [2.45, 2.75) is 46.5 Å². The Bertz CT molecular complexity index is 74.7. The number of rotatable bonds is 0. The van der Waals surface area contributed by atoms with Gasteiger partial charge in [0.05, 0.1) is 0 Å². The first-order chi connectivity index (χ1) is 5.89. The zero-order chi connectivity index (χ0) is 10.4. The van der Waals surface area contributed by atoms with E-state index in [4.69, 9.17) is 0 Å². The molecule has 0 aliphatic heterocycles. The number of hydrogen-bond donors (Lipinski definition) is 0. The van der Waals surface area contributed by atoms with Crippen molar-refractivity contribution >= 4 is 0 Å². The Labute approximate surface area is 78.8 Å². The molecule has 0 radical (unpaired) electrons. The first-order valence-electron chi connectivity index (χ1n) is 4.56. The molecule has 0 spiro atoms. The molecule has 0 amide bonds. The largest absolute Gasteiger partial charge is 0.124 e. The van der Waals surface area contributed by atoms with Gasteiger partial charge in [-0.15, -0.1) is 25.7 Å². The molecular weight excluding hydrogens is 144 g/mol. The Morgan fingerprint density at radius 2 is 1.08 bits per heavy atom. The van der Waals surface area contributed by atoms with E-state index in [-0.39, 0.29) is 0 Å². The van der Waals surface area contributed by atoms with Gasteiger partial charge in [-0.2, -0.15) is 0 Å². The highest BCUT2D eigenvalue weighted by Gasteiger charge is 2.07. The Hall–Kier alpha value is -0.880. The molecule has 0 unspecified atom stereocenters. The van der Waals surface area contributed by atoms with E-state index in [1.165, 1.54) is 25.7 Å². The van der Waals surface area contributed by atoms with Crippen LogP contribution < -0.4 is 0 Å². The second kappa shape index (κ2) is 22.5. The molecular formula is C12H22. The summed E-state index contributed by atoms with van der Waals surface area (Å²) in [6.45, 7) is 6.34. The van der Waals surface area contributed by atoms with Crippen molar-refractivity contribution < 1.29 is 0 Å². The maximum atomic E-state index is 4.00. The standard InChI is InChI=1S/C6H12.C2H6.2C2H2/c1-6-4-2-3-5-6;3*1-2/h6H,2-5H2,1H3;1-2H3;2*1-2H. The lowest BCUT2D eigenvalue weighted by molar-refractivity contribution is 0.612. The highest BCUT2D eigenvalue weighted by Crippen LogP contribution is 2.22. The Balaban J connectivity index is -0.000000117. The predicted molar refractivity (Wildman–Crippen MR) is 58.8 cm³/mol. The van der Waals surface area contributed by atoms with Gasteiger partial charge in [0.25, 0.3) is 0 Å². The van der Waals surface area contributed by atoms with Crippen LogP contribution >= 0.6 is 0 Å². The predicted octanol–water partition coefficient (Wildman–Crippen LogP) is 3.72. The number of hydrogen-bond acceptors (Lipinski definition) is 0. The van der Waals surface area contributed by atoms with E-state index < -0.39 is 0 Å². The van der Waals surface area contributed by atoms with Gasteiger partial charge in [0.2, 0.25) is 0 Å². The van der Waals surface area contributed by atoms with E-state index in [1.54, 1.807) is 0 Å². The average molecular weight is 166 g/mol. The lowest BCUT2D eigenvalue weighted by Crippen LogP contribution is -1.78. The Morgan fingerprint density at radius 1 is 0.833 bits per heavy atom. The summed E-state index contributed by atoms with van der Waals surface area (Å²) in [5.41, 5.74) is 0. The zero-order valence-electron chi connectivity index (χ0n) is 8.72. The van der Waals surface area contributed by atoms with Gasteiger partial charge in [0.1, 0.15) is 0 Å². The van der Waals surface area contributed by atoms with Gasteiger partial charge in [-0.25, -0.2) is 0 Å². The molecule has 0 heteroatoms. The van der Waals surface area contributed by atoms with Crippen molar-refractivity contribution in [2.24, 2.45) is 5.92 Å². The summed E-state index contributed by atoms with van der Waals surface area (Å²) in [6, 6.07) is 0. The van der Waals surface area contributed by atoms with E-state index in [0.717, 1.165) is 5.92 Å². The normalized spacial score (nSPS) is 13.6. The van der Waals surface area contributed by atoms with E-state index in [9.17, 15) is 0 Å². The van der Waals surface area contributed by atoms with Crippen molar-refractivity contribution in [2.75, 3.05) is 0 Å². The third-order valence-corrected chi connectivity index (χ3v) is 1.64. The van der Waals surface area contributed by atoms with Crippen molar-refractivity contribution in [1.29, 1.82) is 0 Å². The fraction of sp³-hybridized carbons (Fsp3) is 0.667. The number of terminal acetylenes is 2. The monoisotopic (exact) mass is 166 g/mol. The molecule has 70 valence electrons. The van der Waals surface area contributed by atoms with Crippen LogP contribution in [0.1, 0.15) is 46.5 Å². The minimum absolute atomic E-state index is 1.05. The van der Waals surface area contributed by atoms with Crippen LogP contribution in [0.15, 0.2) is 0 Å². The molecule has 0 aromatic heterocycles. The SMILES string of the molecule is C#C.C#C.CC.CC1CCCC1. The van der Waals surface area contributed by atoms with Crippen molar-refractivity contribution in [3.63, 3.8) is 0 Å². The van der Waals surface area contributed by atoms with Crippen LogP contribution in [0, 0.1) is 31.6 Å². The van der Waals surface area contributed by atoms with Gasteiger partial charge in [0.15, 0.2) is 0 Å². The van der Waals surface area contributed by atoms with Gasteiger partial charge < -0.3 is 0 Å². The van der Waals surface area contributed by atoms with Gasteiger partial charge in [-0.05, 0) is 5.92 Å². The highest BCUT2D eigenvalue weighted by atomic mass is 14.1. The van der Waals surface area contributed by atoms with Crippen LogP contribution in [0.4, 0.5) is 0 Å². The van der Waals surface area contributed by atoms with E-state index in [0.29, 0.717) is 0 Å². The van der Waals surface area contributed by atoms with Crippen LogP contribution in [0.2, 0.25) is 0 Å². The van der Waals surface area contributed by atoms with Crippen LogP contribution in [0.5, 0.6) is 0 Å². The molecule has 0 saturated heterocycles. The maximum absolute atomic E-state index is 4.00. The minimum Gasteiger partial charge on any atom is -0.124 e. The molecule has 1 aliphatic carbocycles. The topological polar surface area (TPSA) is 0 Å². The van der Waals surface area contributed by atoms with Crippen LogP contribution in [-0.2, 0) is 0 Å². The molecule has 1 rings (SSSR count). The molecule has 0 N–H and O–H groups in total. The molecule has 0 bridgehead atoms. The molecule has 12 heavy (non-hydrogen) atoms. The first-order valence-corrected chi connectivity index (χ1v) is 4.56. The quantitative estimate of drug-likeness (QED) is 0.481. The summed E-state index contributed by atoms with van der Waals surface area (Å²) in [5.74, 6) is 1.05. The third kappa shape index (κ3) is 16.1. The minimum atomic E-state index is 1.05. The Kier molecular flexibility index (Phi) is 32.3. The highest BCUT2D eigenvalue weighted by molar-refractivity contribution is 4.60. The summed E-state index contributed by atoms with van der Waals surface area (Å²) >= 11 is 0. The molecule has 0 aromatic carbocycles. The Morgan fingerprint density at radius 3 is 1.17 bits per heavy atom. The third-order valence-electron chi connectivity index (χ3n) is 1.64. The molecule has 1 aliphatic rings. The first kappa shape index (κ1) is 17.3. The molecule has 1 fully saturated rings. The van der Waals surface area contributed by atoms with Gasteiger partial charge in [-0.1, -0.05) is 46.5 Å². The molecule has 1 saturated carbocycles. The lowest BCUT2D eigenvalue weighted by Gasteiger charge is -1.91. The zero-order valence-corrected chi connectivity index (χ0v) is 8.72. The molecule has 0 nitrogen and oxygen atoms in total. The van der Waals surface area contributed by atoms with Crippen molar-refractivity contribution in [3.05, 3.63) is 0 Å². The van der Waals surface area contributed by atoms with Gasteiger partial charge >= 0.3 is 0 Å². The summed E-state index contributed by atoms with van der Waals surface area (Å²) in [4.78, 5) is 0. The second-order valence-electron chi connectivity index (χ2n) is 2.39. The molecule has 0 atom stereocenters. The summed E-state index contributed by atoms with van der Waals surface area (Å²) in [6.07, 6.45) is 21.9. The van der Waals surface area contributed by atoms with Crippen molar-refractivity contribution in [3.8, 4) is 25.7 Å². The fourth-order valence-electron chi connectivity index (χ4n) is 1.13. The average Bonchev–Trinajstić information content (AvgIpc) is 2.66.